The van der Waals surface area contributed by atoms with Crippen molar-refractivity contribution in [3.63, 3.8) is 0 Å². The normalized spacial score (nSPS) is 43.2. The van der Waals surface area contributed by atoms with Gasteiger partial charge in [-0.3, -0.25) is 0 Å². The minimum atomic E-state index is 0.484. The van der Waals surface area contributed by atoms with E-state index >= 15 is 0 Å². The number of hydrogen-bond acceptors (Lipinski definition) is 3. The first kappa shape index (κ1) is 8.85. The van der Waals surface area contributed by atoms with Crippen LogP contribution < -0.4 is 5.32 Å². The van der Waals surface area contributed by atoms with Crippen molar-refractivity contribution in [2.45, 2.75) is 43.7 Å². The Kier molecular flexibility index (Phi) is 2.94. The Balaban J connectivity index is 1.85. The molecule has 2 heterocycles. The average Bonchev–Trinajstić information content (AvgIpc) is 2.56. The van der Waals surface area contributed by atoms with Crippen molar-refractivity contribution in [2.24, 2.45) is 0 Å². The summed E-state index contributed by atoms with van der Waals surface area (Å²) in [6.45, 7) is 3.24. The van der Waals surface area contributed by atoms with Crippen LogP contribution in [-0.4, -0.2) is 29.9 Å². The maximum Gasteiger partial charge on any atom is 0.0822 e. The molecule has 2 rings (SSSR count). The maximum atomic E-state index is 5.66. The van der Waals surface area contributed by atoms with Crippen LogP contribution >= 0.6 is 11.8 Å². The number of thioether (sulfide) groups is 1. The van der Waals surface area contributed by atoms with Gasteiger partial charge in [0.25, 0.3) is 0 Å². The van der Waals surface area contributed by atoms with Gasteiger partial charge in [0.1, 0.15) is 0 Å². The monoisotopic (exact) mass is 187 g/mol. The van der Waals surface area contributed by atoms with Gasteiger partial charge in [-0.05, 0) is 31.9 Å². The fraction of sp³-hybridized carbons (Fsp3) is 1.00. The van der Waals surface area contributed by atoms with Gasteiger partial charge >= 0.3 is 0 Å². The first-order valence-corrected chi connectivity index (χ1v) is 5.90. The fourth-order valence-electron chi connectivity index (χ4n) is 1.84. The van der Waals surface area contributed by atoms with E-state index in [-0.39, 0.29) is 0 Å². The molecule has 3 heteroatoms. The predicted octanol–water partition coefficient (Wildman–Crippen LogP) is 1.61. The van der Waals surface area contributed by atoms with Crippen LogP contribution in [0.5, 0.6) is 0 Å². The van der Waals surface area contributed by atoms with Gasteiger partial charge in [0.15, 0.2) is 0 Å². The molecule has 0 aromatic heterocycles. The van der Waals surface area contributed by atoms with Crippen LogP contribution in [0.4, 0.5) is 0 Å². The Bertz CT molecular complexity index is 147. The molecule has 1 N–H and O–H groups in total. The molecule has 70 valence electrons. The lowest BCUT2D eigenvalue weighted by Crippen LogP contribution is -2.45. The summed E-state index contributed by atoms with van der Waals surface area (Å²) in [4.78, 5) is 0. The summed E-state index contributed by atoms with van der Waals surface area (Å²) in [5.41, 5.74) is 0. The van der Waals surface area contributed by atoms with E-state index in [0.717, 1.165) is 6.61 Å². The lowest BCUT2D eigenvalue weighted by molar-refractivity contribution is 0.0976. The molecule has 0 aromatic carbocycles. The molecule has 0 saturated carbocycles. The molecular formula is C9H17NOS. The summed E-state index contributed by atoms with van der Waals surface area (Å²) in [6.07, 6.45) is 4.28. The summed E-state index contributed by atoms with van der Waals surface area (Å²) < 4.78 is 5.66. The van der Waals surface area contributed by atoms with Gasteiger partial charge in [-0.25, -0.2) is 0 Å². The third-order valence-electron chi connectivity index (χ3n) is 2.60. The van der Waals surface area contributed by atoms with Crippen molar-refractivity contribution in [2.75, 3.05) is 12.4 Å². The second kappa shape index (κ2) is 3.99. The van der Waals surface area contributed by atoms with Crippen LogP contribution in [0.2, 0.25) is 0 Å². The van der Waals surface area contributed by atoms with Gasteiger partial charge in [-0.2, -0.15) is 0 Å². The van der Waals surface area contributed by atoms with Gasteiger partial charge in [-0.1, -0.05) is 0 Å². The van der Waals surface area contributed by atoms with E-state index in [1.54, 1.807) is 0 Å². The lowest BCUT2D eigenvalue weighted by atomic mass is 10.2. The molecule has 2 aliphatic rings. The third kappa shape index (κ3) is 1.95. The third-order valence-corrected chi connectivity index (χ3v) is 3.87. The van der Waals surface area contributed by atoms with Gasteiger partial charge < -0.3 is 10.1 Å². The topological polar surface area (TPSA) is 21.3 Å². The second-order valence-corrected chi connectivity index (χ2v) is 4.95. The minimum Gasteiger partial charge on any atom is -0.376 e. The summed E-state index contributed by atoms with van der Waals surface area (Å²) in [6, 6.07) is 0.681. The summed E-state index contributed by atoms with van der Waals surface area (Å²) in [5.74, 6) is 1.29. The number of rotatable bonds is 1. The lowest BCUT2D eigenvalue weighted by Gasteiger charge is -2.31. The molecule has 2 aliphatic heterocycles. The van der Waals surface area contributed by atoms with Gasteiger partial charge in [0.05, 0.1) is 11.5 Å². The highest BCUT2D eigenvalue weighted by atomic mass is 32.2. The van der Waals surface area contributed by atoms with E-state index in [1.807, 2.05) is 11.8 Å². The molecule has 2 nitrogen and oxygen atoms in total. The molecule has 2 fully saturated rings. The summed E-state index contributed by atoms with van der Waals surface area (Å²) in [5, 5.41) is 4.16. The Morgan fingerprint density at radius 2 is 2.33 bits per heavy atom. The van der Waals surface area contributed by atoms with Gasteiger partial charge in [-0.15, -0.1) is 11.8 Å². The Morgan fingerprint density at radius 1 is 1.42 bits per heavy atom. The first-order chi connectivity index (χ1) is 5.86. The summed E-state index contributed by atoms with van der Waals surface area (Å²) in [7, 11) is 0. The van der Waals surface area contributed by atoms with E-state index in [4.69, 9.17) is 4.74 Å². The van der Waals surface area contributed by atoms with E-state index in [2.05, 4.69) is 12.2 Å². The quantitative estimate of drug-likeness (QED) is 0.674. The van der Waals surface area contributed by atoms with Crippen LogP contribution in [0.25, 0.3) is 0 Å². The van der Waals surface area contributed by atoms with Crippen molar-refractivity contribution in [3.05, 3.63) is 0 Å². The van der Waals surface area contributed by atoms with Crippen LogP contribution in [0.3, 0.4) is 0 Å². The second-order valence-electron chi connectivity index (χ2n) is 3.70. The zero-order valence-corrected chi connectivity index (χ0v) is 8.40. The molecule has 2 saturated heterocycles. The Morgan fingerprint density at radius 3 is 3.00 bits per heavy atom. The van der Waals surface area contributed by atoms with Crippen molar-refractivity contribution in [1.82, 2.24) is 5.32 Å². The molecule has 0 aromatic rings. The van der Waals surface area contributed by atoms with E-state index in [0.29, 0.717) is 17.5 Å². The fourth-order valence-corrected chi connectivity index (χ4v) is 3.34. The molecule has 12 heavy (non-hydrogen) atoms. The number of hydrogen-bond donors (Lipinski definition) is 1. The molecule has 0 aliphatic carbocycles. The zero-order valence-electron chi connectivity index (χ0n) is 7.58. The average molecular weight is 187 g/mol. The maximum absolute atomic E-state index is 5.66. The van der Waals surface area contributed by atoms with Crippen molar-refractivity contribution < 1.29 is 4.74 Å². The highest BCUT2D eigenvalue weighted by molar-refractivity contribution is 7.99. The minimum absolute atomic E-state index is 0.484. The molecule has 3 unspecified atom stereocenters. The largest absolute Gasteiger partial charge is 0.376 e. The SMILES string of the molecule is CC1CCSC(C2CCCO2)N1. The van der Waals surface area contributed by atoms with Crippen LogP contribution in [0, 0.1) is 0 Å². The Labute approximate surface area is 78.4 Å². The van der Waals surface area contributed by atoms with E-state index in [9.17, 15) is 0 Å². The standard InChI is InChI=1S/C9H17NOS/c1-7-4-6-12-9(10-7)8-3-2-5-11-8/h7-10H,2-6H2,1H3. The van der Waals surface area contributed by atoms with Crippen molar-refractivity contribution >= 4 is 11.8 Å². The van der Waals surface area contributed by atoms with E-state index < -0.39 is 0 Å². The molecule has 3 atom stereocenters. The highest BCUT2D eigenvalue weighted by Gasteiger charge is 2.29. The van der Waals surface area contributed by atoms with Crippen LogP contribution in [0.1, 0.15) is 26.2 Å². The number of ether oxygens (including phenoxy) is 1. The van der Waals surface area contributed by atoms with Gasteiger partial charge in [0, 0.05) is 12.6 Å². The summed E-state index contributed by atoms with van der Waals surface area (Å²) >= 11 is 2.03. The zero-order chi connectivity index (χ0) is 8.39. The highest BCUT2D eigenvalue weighted by Crippen LogP contribution is 2.27. The predicted molar refractivity (Wildman–Crippen MR) is 52.4 cm³/mol. The van der Waals surface area contributed by atoms with Crippen LogP contribution in [0.15, 0.2) is 0 Å². The van der Waals surface area contributed by atoms with Crippen LogP contribution in [-0.2, 0) is 4.74 Å². The smallest absolute Gasteiger partial charge is 0.0822 e. The molecule has 0 radical (unpaired) electrons. The number of nitrogens with one attached hydrogen (secondary N) is 1. The first-order valence-electron chi connectivity index (χ1n) is 4.85. The molecule has 0 bridgehead atoms. The van der Waals surface area contributed by atoms with Crippen molar-refractivity contribution in [1.29, 1.82) is 0 Å². The van der Waals surface area contributed by atoms with E-state index in [1.165, 1.54) is 25.0 Å². The molecule has 0 amide bonds. The Hall–Kier alpha value is 0.270. The molecule has 0 spiro atoms. The van der Waals surface area contributed by atoms with Crippen molar-refractivity contribution in [3.8, 4) is 0 Å². The molecular weight excluding hydrogens is 170 g/mol. The van der Waals surface area contributed by atoms with Gasteiger partial charge in [0.2, 0.25) is 0 Å².